The summed E-state index contributed by atoms with van der Waals surface area (Å²) in [5.41, 5.74) is 0.570. The maximum absolute atomic E-state index is 13.9. The number of aliphatic hydroxyl groups excluding tert-OH is 1. The van der Waals surface area contributed by atoms with E-state index in [1.165, 1.54) is 23.6 Å². The van der Waals surface area contributed by atoms with E-state index in [0.717, 1.165) is 36.9 Å². The molecule has 1 aromatic carbocycles. The Morgan fingerprint density at radius 3 is 2.74 bits per heavy atom. The predicted octanol–water partition coefficient (Wildman–Crippen LogP) is 3.91. The summed E-state index contributed by atoms with van der Waals surface area (Å²) in [6.45, 7) is -0.163. The van der Waals surface area contributed by atoms with E-state index in [1.807, 2.05) is 0 Å². The molecule has 10 nitrogen and oxygen atoms in total. The topological polar surface area (TPSA) is 145 Å². The van der Waals surface area contributed by atoms with Gasteiger partial charge in [-0.25, -0.2) is 17.5 Å². The highest BCUT2D eigenvalue weighted by atomic mass is 35.5. The summed E-state index contributed by atoms with van der Waals surface area (Å²) >= 11 is 7.00. The van der Waals surface area contributed by atoms with Crippen LogP contribution in [0.25, 0.3) is 0 Å². The lowest BCUT2D eigenvalue weighted by molar-refractivity contribution is -0.132. The van der Waals surface area contributed by atoms with E-state index in [4.69, 9.17) is 11.6 Å². The third-order valence-electron chi connectivity index (χ3n) is 7.08. The summed E-state index contributed by atoms with van der Waals surface area (Å²) in [6, 6.07) is 3.86. The minimum Gasteiger partial charge on any atom is -0.511 e. The number of carbonyl (C=O) groups is 1. The Labute approximate surface area is 234 Å². The van der Waals surface area contributed by atoms with Crippen LogP contribution in [0.4, 0.5) is 9.39 Å². The van der Waals surface area contributed by atoms with E-state index in [0.29, 0.717) is 18.4 Å². The van der Waals surface area contributed by atoms with Crippen molar-refractivity contribution in [3.8, 4) is 0 Å². The number of hydrogen-bond acceptors (Lipinski definition) is 8. The maximum Gasteiger partial charge on any atom is 0.287 e. The molecule has 3 heterocycles. The van der Waals surface area contributed by atoms with Gasteiger partial charge in [0.05, 0.1) is 11.3 Å². The van der Waals surface area contributed by atoms with Gasteiger partial charge in [-0.05, 0) is 35.9 Å². The first-order valence-electron chi connectivity index (χ1n) is 12.2. The van der Waals surface area contributed by atoms with Gasteiger partial charge in [0, 0.05) is 30.6 Å². The van der Waals surface area contributed by atoms with Crippen LogP contribution in [-0.4, -0.2) is 50.9 Å². The van der Waals surface area contributed by atoms with Gasteiger partial charge >= 0.3 is 0 Å². The largest absolute Gasteiger partial charge is 0.511 e. The molecule has 15 heteroatoms. The number of thiophene rings is 1. The smallest absolute Gasteiger partial charge is 0.287 e. The Bertz CT molecular complexity index is 1620. The maximum atomic E-state index is 13.9. The Hall–Kier alpha value is -2.52. The Balaban J connectivity index is 1.54. The molecule has 2 unspecified atom stereocenters. The quantitative estimate of drug-likeness (QED) is 0.446. The van der Waals surface area contributed by atoms with Gasteiger partial charge in [-0.1, -0.05) is 36.9 Å². The van der Waals surface area contributed by atoms with Crippen LogP contribution in [0.3, 0.4) is 0 Å². The fraction of sp³-hybridized carbons (Fsp3) is 0.417. The molecule has 1 aliphatic carbocycles. The van der Waals surface area contributed by atoms with Gasteiger partial charge in [0.1, 0.15) is 27.0 Å². The molecule has 0 saturated heterocycles. The number of sulfonamides is 2. The van der Waals surface area contributed by atoms with Crippen molar-refractivity contribution in [2.75, 3.05) is 11.6 Å². The summed E-state index contributed by atoms with van der Waals surface area (Å²) in [5, 5.41) is 15.8. The highest BCUT2D eigenvalue weighted by Crippen LogP contribution is 2.42. The molecule has 1 aromatic heterocycles. The van der Waals surface area contributed by atoms with E-state index in [1.54, 1.807) is 4.90 Å². The Kier molecular flexibility index (Phi) is 7.52. The van der Waals surface area contributed by atoms with Crippen LogP contribution >= 0.6 is 22.9 Å². The normalized spacial score (nSPS) is 23.0. The van der Waals surface area contributed by atoms with Crippen LogP contribution < -0.4 is 10.0 Å². The van der Waals surface area contributed by atoms with E-state index in [2.05, 4.69) is 14.4 Å². The number of halogens is 2. The zero-order valence-corrected chi connectivity index (χ0v) is 24.0. The van der Waals surface area contributed by atoms with Crippen molar-refractivity contribution >= 4 is 59.7 Å². The average molecular weight is 617 g/mol. The van der Waals surface area contributed by atoms with E-state index in [9.17, 15) is 31.1 Å². The van der Waals surface area contributed by atoms with Crippen LogP contribution in [0.15, 0.2) is 44.2 Å². The second kappa shape index (κ2) is 10.5. The zero-order chi connectivity index (χ0) is 28.1. The molecule has 3 aliphatic rings. The summed E-state index contributed by atoms with van der Waals surface area (Å²) in [5.74, 6) is -2.11. The number of hydrogen-bond donors (Lipinski definition) is 3. The highest BCUT2D eigenvalue weighted by Gasteiger charge is 2.45. The minimum atomic E-state index is -4.34. The van der Waals surface area contributed by atoms with Crippen molar-refractivity contribution in [2.45, 2.75) is 56.1 Å². The van der Waals surface area contributed by atoms with Crippen molar-refractivity contribution in [1.29, 1.82) is 0 Å². The molecule has 5 rings (SSSR count). The molecule has 0 bridgehead atoms. The number of anilines is 1. The van der Waals surface area contributed by atoms with Gasteiger partial charge < -0.3 is 15.3 Å². The Morgan fingerprint density at radius 2 is 2.03 bits per heavy atom. The molecule has 0 spiro atoms. The Morgan fingerprint density at radius 1 is 1.28 bits per heavy atom. The summed E-state index contributed by atoms with van der Waals surface area (Å²) < 4.78 is 69.4. The molecule has 0 radical (unpaired) electrons. The molecule has 2 atom stereocenters. The molecule has 39 heavy (non-hydrogen) atoms. The summed E-state index contributed by atoms with van der Waals surface area (Å²) in [7, 11) is -7.91. The van der Waals surface area contributed by atoms with Crippen molar-refractivity contribution in [2.24, 2.45) is 10.3 Å². The van der Waals surface area contributed by atoms with Gasteiger partial charge in [0.25, 0.3) is 15.9 Å². The molecular formula is C24H26ClFN4O6S3. The number of benzene rings is 1. The van der Waals surface area contributed by atoms with Crippen LogP contribution in [0.2, 0.25) is 5.02 Å². The van der Waals surface area contributed by atoms with Gasteiger partial charge in [-0.2, -0.15) is 8.42 Å². The van der Waals surface area contributed by atoms with Crippen LogP contribution in [-0.2, 0) is 37.9 Å². The molecule has 2 aromatic rings. The van der Waals surface area contributed by atoms with Crippen LogP contribution in [0, 0.1) is 11.7 Å². The predicted molar refractivity (Wildman–Crippen MR) is 146 cm³/mol. The number of amidine groups is 1. The fourth-order valence-corrected chi connectivity index (χ4v) is 8.53. The highest BCUT2D eigenvalue weighted by molar-refractivity contribution is 7.91. The zero-order valence-electron chi connectivity index (χ0n) is 20.8. The van der Waals surface area contributed by atoms with Gasteiger partial charge in [0.2, 0.25) is 10.0 Å². The van der Waals surface area contributed by atoms with Crippen molar-refractivity contribution < 1.29 is 31.1 Å². The molecule has 1 amide bonds. The average Bonchev–Trinajstić information content (AvgIpc) is 3.11. The van der Waals surface area contributed by atoms with E-state index in [-0.39, 0.29) is 56.8 Å². The second-order valence-electron chi connectivity index (χ2n) is 9.81. The van der Waals surface area contributed by atoms with Crippen molar-refractivity contribution in [3.63, 3.8) is 0 Å². The molecule has 1 saturated carbocycles. The number of nitrogens with zero attached hydrogens (tertiary/aromatic N) is 2. The van der Waals surface area contributed by atoms with Gasteiger partial charge in [-0.3, -0.25) is 4.79 Å². The summed E-state index contributed by atoms with van der Waals surface area (Å²) in [6.07, 6.45) is 4.81. The third-order valence-corrected chi connectivity index (χ3v) is 10.5. The number of nitrogens with one attached hydrogen (secondary N) is 2. The fourth-order valence-electron chi connectivity index (χ4n) is 5.30. The minimum absolute atomic E-state index is 0.0798. The third kappa shape index (κ3) is 5.57. The van der Waals surface area contributed by atoms with Gasteiger partial charge in [0.15, 0.2) is 5.84 Å². The van der Waals surface area contributed by atoms with E-state index < -0.39 is 37.7 Å². The number of aliphatic hydroxyl groups is 1. The summed E-state index contributed by atoms with van der Waals surface area (Å²) in [4.78, 5) is 15.3. The van der Waals surface area contributed by atoms with Crippen LogP contribution in [0.5, 0.6) is 0 Å². The first-order valence-corrected chi connectivity index (χ1v) is 16.8. The number of rotatable bonds is 6. The second-order valence-corrected chi connectivity index (χ2v) is 14.5. The van der Waals surface area contributed by atoms with E-state index >= 15 is 0 Å². The first-order chi connectivity index (χ1) is 18.4. The molecule has 1 fully saturated rings. The van der Waals surface area contributed by atoms with Crippen molar-refractivity contribution in [1.82, 2.24) is 9.62 Å². The number of amides is 1. The van der Waals surface area contributed by atoms with Gasteiger partial charge in [-0.15, -0.1) is 15.7 Å². The monoisotopic (exact) mass is 616 g/mol. The molecular weight excluding hydrogens is 591 g/mol. The number of fused-ring (bicyclic) bond motifs is 2. The lowest BCUT2D eigenvalue weighted by Crippen LogP contribution is -2.51. The molecule has 3 N–H and O–H groups in total. The lowest BCUT2D eigenvalue weighted by Gasteiger charge is -2.41. The lowest BCUT2D eigenvalue weighted by atomic mass is 9.84. The van der Waals surface area contributed by atoms with Crippen LogP contribution in [0.1, 0.15) is 43.2 Å². The number of carbonyl (C=O) groups excluding carboxylic acids is 1. The molecule has 2 aliphatic heterocycles. The first kappa shape index (κ1) is 28.0. The molecule has 210 valence electrons. The SMILES string of the molecule is CS(=O)(=O)NCc1csc2c1S(=O)(=O)N=C(C1=C(O)C3CCCCCC3N(Cc3ccc(F)c(Cl)c3)C1=O)N2. The van der Waals surface area contributed by atoms with Crippen molar-refractivity contribution in [3.05, 3.63) is 56.9 Å². The standard InChI is InChI=1S/C24H26ClFN4O6S3/c1-38(33,34)27-10-14-12-37-23-21(14)39(35,36)29-22(28-23)19-20(31)15-5-3-2-4-6-18(15)30(24(19)32)11-13-7-8-17(26)16(25)9-13/h7-9,12,15,18,27,31H,2-6,10-11H2,1H3,(H,28,29).